The number of nitrogens with one attached hydrogen (secondary N) is 1. The first-order chi connectivity index (χ1) is 8.61. The summed E-state index contributed by atoms with van der Waals surface area (Å²) in [7, 11) is 2.18. The molecule has 0 aromatic carbocycles. The average Bonchev–Trinajstić information content (AvgIpc) is 3.18. The summed E-state index contributed by atoms with van der Waals surface area (Å²) < 4.78 is 0. The lowest BCUT2D eigenvalue weighted by Gasteiger charge is -2.17. The van der Waals surface area contributed by atoms with Gasteiger partial charge < -0.3 is 10.2 Å². The van der Waals surface area contributed by atoms with E-state index in [0.717, 1.165) is 42.8 Å². The van der Waals surface area contributed by atoms with E-state index in [-0.39, 0.29) is 0 Å². The Labute approximate surface area is 114 Å². The zero-order valence-electron chi connectivity index (χ0n) is 11.3. The van der Waals surface area contributed by atoms with Crippen LogP contribution < -0.4 is 5.32 Å². The Bertz CT molecular complexity index is 418. The largest absolute Gasteiger partial charge is 0.368 e. The molecule has 1 aromatic heterocycles. The van der Waals surface area contributed by atoms with Crippen LogP contribution in [0.5, 0.6) is 0 Å². The third kappa shape index (κ3) is 3.33. The monoisotopic (exact) mass is 268 g/mol. The van der Waals surface area contributed by atoms with Crippen LogP contribution in [0.25, 0.3) is 0 Å². The quantitative estimate of drug-likeness (QED) is 0.805. The van der Waals surface area contributed by atoms with Crippen molar-refractivity contribution in [3.8, 4) is 0 Å². The summed E-state index contributed by atoms with van der Waals surface area (Å²) in [6.07, 6.45) is 3.49. The van der Waals surface area contributed by atoms with Crippen LogP contribution in [0.3, 0.4) is 0 Å². The highest BCUT2D eigenvalue weighted by atomic mass is 35.5. The minimum absolute atomic E-state index is 0.555. The normalized spacial score (nSPS) is 15.2. The van der Waals surface area contributed by atoms with Crippen molar-refractivity contribution in [2.75, 3.05) is 25.5 Å². The minimum Gasteiger partial charge on any atom is -0.368 e. The van der Waals surface area contributed by atoms with Gasteiger partial charge in [-0.2, -0.15) is 0 Å². The van der Waals surface area contributed by atoms with Gasteiger partial charge in [0, 0.05) is 31.1 Å². The van der Waals surface area contributed by atoms with Crippen LogP contribution >= 0.6 is 11.6 Å². The van der Waals surface area contributed by atoms with Crippen molar-refractivity contribution in [3.05, 3.63) is 16.5 Å². The number of halogens is 1. The SMILES string of the molecule is CCc1nc(Cl)c(C)c(NCCN(C)C2CC2)n1. The molecule has 0 amide bonds. The third-order valence-electron chi connectivity index (χ3n) is 3.38. The van der Waals surface area contributed by atoms with Crippen molar-refractivity contribution in [1.82, 2.24) is 14.9 Å². The zero-order valence-corrected chi connectivity index (χ0v) is 12.1. The van der Waals surface area contributed by atoms with Gasteiger partial charge in [-0.1, -0.05) is 18.5 Å². The van der Waals surface area contributed by atoms with Crippen molar-refractivity contribution in [3.63, 3.8) is 0 Å². The van der Waals surface area contributed by atoms with Gasteiger partial charge in [-0.15, -0.1) is 0 Å². The molecule has 4 nitrogen and oxygen atoms in total. The molecule has 0 bridgehead atoms. The van der Waals surface area contributed by atoms with Crippen molar-refractivity contribution >= 4 is 17.4 Å². The lowest BCUT2D eigenvalue weighted by Crippen LogP contribution is -2.27. The van der Waals surface area contributed by atoms with E-state index in [2.05, 4.69) is 27.2 Å². The molecule has 0 saturated heterocycles. The molecule has 0 radical (unpaired) electrons. The molecule has 1 aromatic rings. The fraction of sp³-hybridized carbons (Fsp3) is 0.692. The zero-order chi connectivity index (χ0) is 13.1. The lowest BCUT2D eigenvalue weighted by atomic mass is 10.3. The third-order valence-corrected chi connectivity index (χ3v) is 3.74. The Morgan fingerprint density at radius 1 is 1.39 bits per heavy atom. The van der Waals surface area contributed by atoms with Crippen LogP contribution in [-0.2, 0) is 6.42 Å². The van der Waals surface area contributed by atoms with Crippen LogP contribution in [0.4, 0.5) is 5.82 Å². The van der Waals surface area contributed by atoms with Crippen LogP contribution in [0, 0.1) is 6.92 Å². The number of hydrogen-bond donors (Lipinski definition) is 1. The van der Waals surface area contributed by atoms with Gasteiger partial charge in [0.05, 0.1) is 0 Å². The highest BCUT2D eigenvalue weighted by molar-refractivity contribution is 6.30. The maximum atomic E-state index is 6.10. The number of rotatable bonds is 6. The summed E-state index contributed by atoms with van der Waals surface area (Å²) in [6, 6.07) is 0.799. The average molecular weight is 269 g/mol. The lowest BCUT2D eigenvalue weighted by molar-refractivity contribution is 0.337. The minimum atomic E-state index is 0.555. The first-order valence-electron chi connectivity index (χ1n) is 6.59. The second-order valence-corrected chi connectivity index (χ2v) is 5.25. The number of aromatic nitrogens is 2. The summed E-state index contributed by atoms with van der Waals surface area (Å²) in [5.74, 6) is 1.67. The molecule has 0 spiro atoms. The molecule has 1 fully saturated rings. The Morgan fingerprint density at radius 3 is 2.72 bits per heavy atom. The standard InChI is InChI=1S/C13H21ClN4/c1-4-11-16-12(14)9(2)13(17-11)15-7-8-18(3)10-5-6-10/h10H,4-8H2,1-3H3,(H,15,16,17). The van der Waals surface area contributed by atoms with Gasteiger partial charge in [-0.05, 0) is 26.8 Å². The second-order valence-electron chi connectivity index (χ2n) is 4.90. The summed E-state index contributed by atoms with van der Waals surface area (Å²) in [6.45, 7) is 5.91. The number of likely N-dealkylation sites (N-methyl/N-ethyl adjacent to an activating group) is 1. The predicted octanol–water partition coefficient (Wildman–Crippen LogP) is 2.51. The van der Waals surface area contributed by atoms with Crippen molar-refractivity contribution < 1.29 is 0 Å². The van der Waals surface area contributed by atoms with Crippen LogP contribution in [0.15, 0.2) is 0 Å². The fourth-order valence-corrected chi connectivity index (χ4v) is 2.10. The number of hydrogen-bond acceptors (Lipinski definition) is 4. The van der Waals surface area contributed by atoms with E-state index in [1.165, 1.54) is 12.8 Å². The van der Waals surface area contributed by atoms with E-state index in [1.54, 1.807) is 0 Å². The van der Waals surface area contributed by atoms with E-state index in [9.17, 15) is 0 Å². The highest BCUT2D eigenvalue weighted by Gasteiger charge is 2.25. The molecule has 5 heteroatoms. The molecule has 100 valence electrons. The Balaban J connectivity index is 1.93. The molecule has 1 aliphatic rings. The van der Waals surface area contributed by atoms with Gasteiger partial charge in [-0.3, -0.25) is 0 Å². The molecule has 1 aliphatic carbocycles. The molecule has 1 N–H and O–H groups in total. The summed E-state index contributed by atoms with van der Waals surface area (Å²) in [4.78, 5) is 11.1. The Kier molecular flexibility index (Phi) is 4.40. The molecular formula is C13H21ClN4. The molecule has 1 saturated carbocycles. The number of nitrogens with zero attached hydrogens (tertiary/aromatic N) is 3. The van der Waals surface area contributed by atoms with E-state index >= 15 is 0 Å². The second kappa shape index (κ2) is 5.85. The van der Waals surface area contributed by atoms with E-state index in [1.807, 2.05) is 13.8 Å². The molecule has 0 atom stereocenters. The van der Waals surface area contributed by atoms with Crippen molar-refractivity contribution in [1.29, 1.82) is 0 Å². The van der Waals surface area contributed by atoms with Gasteiger partial charge in [-0.25, -0.2) is 9.97 Å². The topological polar surface area (TPSA) is 41.1 Å². The molecule has 2 rings (SSSR count). The number of aryl methyl sites for hydroxylation is 1. The first kappa shape index (κ1) is 13.6. The summed E-state index contributed by atoms with van der Waals surface area (Å²) in [5.41, 5.74) is 0.933. The summed E-state index contributed by atoms with van der Waals surface area (Å²) in [5, 5.41) is 3.92. The summed E-state index contributed by atoms with van der Waals surface area (Å²) >= 11 is 6.10. The molecular weight excluding hydrogens is 248 g/mol. The predicted molar refractivity (Wildman–Crippen MR) is 75.3 cm³/mol. The van der Waals surface area contributed by atoms with Gasteiger partial charge in [0.25, 0.3) is 0 Å². The maximum Gasteiger partial charge on any atom is 0.137 e. The molecule has 1 heterocycles. The molecule has 0 aliphatic heterocycles. The first-order valence-corrected chi connectivity index (χ1v) is 6.96. The number of anilines is 1. The van der Waals surface area contributed by atoms with Crippen LogP contribution in [-0.4, -0.2) is 41.0 Å². The smallest absolute Gasteiger partial charge is 0.137 e. The van der Waals surface area contributed by atoms with Crippen molar-refractivity contribution in [2.24, 2.45) is 0 Å². The van der Waals surface area contributed by atoms with Crippen LogP contribution in [0.2, 0.25) is 5.15 Å². The van der Waals surface area contributed by atoms with Gasteiger partial charge >= 0.3 is 0 Å². The van der Waals surface area contributed by atoms with Gasteiger partial charge in [0.1, 0.15) is 16.8 Å². The van der Waals surface area contributed by atoms with Crippen LogP contribution in [0.1, 0.15) is 31.2 Å². The van der Waals surface area contributed by atoms with E-state index in [4.69, 9.17) is 11.6 Å². The molecule has 18 heavy (non-hydrogen) atoms. The fourth-order valence-electron chi connectivity index (χ4n) is 1.91. The Morgan fingerprint density at radius 2 is 2.11 bits per heavy atom. The van der Waals surface area contributed by atoms with Gasteiger partial charge in [0.2, 0.25) is 0 Å². The Hall–Kier alpha value is -0.870. The van der Waals surface area contributed by atoms with E-state index in [0.29, 0.717) is 5.15 Å². The maximum absolute atomic E-state index is 6.10. The van der Waals surface area contributed by atoms with Crippen molar-refractivity contribution in [2.45, 2.75) is 39.2 Å². The van der Waals surface area contributed by atoms with Gasteiger partial charge in [0.15, 0.2) is 0 Å². The van der Waals surface area contributed by atoms with E-state index < -0.39 is 0 Å². The molecule has 0 unspecified atom stereocenters. The highest BCUT2D eigenvalue weighted by Crippen LogP contribution is 2.25.